The van der Waals surface area contributed by atoms with Crippen molar-refractivity contribution in [3.05, 3.63) is 52.4 Å². The summed E-state index contributed by atoms with van der Waals surface area (Å²) in [4.78, 5) is 15.4. The van der Waals surface area contributed by atoms with Crippen LogP contribution >= 0.6 is 0 Å². The smallest absolute Gasteiger partial charge is 0.257 e. The van der Waals surface area contributed by atoms with Gasteiger partial charge in [0.05, 0.1) is 18.3 Å². The van der Waals surface area contributed by atoms with Gasteiger partial charge in [0.15, 0.2) is 0 Å². The van der Waals surface area contributed by atoms with Gasteiger partial charge in [0.25, 0.3) is 5.56 Å². The van der Waals surface area contributed by atoms with Crippen LogP contribution in [0.15, 0.2) is 41.3 Å². The van der Waals surface area contributed by atoms with Crippen molar-refractivity contribution in [2.24, 2.45) is 17.8 Å². The highest BCUT2D eigenvalue weighted by molar-refractivity contribution is 5.70. The SMILES string of the molecule is CCC(C)CCCCC[C@H]1CO[C@@H](c2c(O)c(-c3ccccc3)c[nH]c2=O)[C@H](C)C1. The van der Waals surface area contributed by atoms with E-state index in [1.807, 2.05) is 30.3 Å². The van der Waals surface area contributed by atoms with Gasteiger partial charge in [-0.25, -0.2) is 0 Å². The number of nitrogens with one attached hydrogen (secondary N) is 1. The van der Waals surface area contributed by atoms with Crippen LogP contribution in [0.2, 0.25) is 0 Å². The van der Waals surface area contributed by atoms with Crippen molar-refractivity contribution in [1.82, 2.24) is 4.98 Å². The van der Waals surface area contributed by atoms with Crippen LogP contribution in [0.3, 0.4) is 0 Å². The number of aromatic nitrogens is 1. The Morgan fingerprint density at radius 3 is 2.67 bits per heavy atom. The summed E-state index contributed by atoms with van der Waals surface area (Å²) in [6, 6.07) is 9.64. The normalized spacial score (nSPS) is 22.7. The molecular formula is C26H37NO3. The number of pyridine rings is 1. The fourth-order valence-electron chi connectivity index (χ4n) is 4.64. The lowest BCUT2D eigenvalue weighted by Gasteiger charge is -2.34. The van der Waals surface area contributed by atoms with Crippen molar-refractivity contribution < 1.29 is 9.84 Å². The van der Waals surface area contributed by atoms with E-state index in [0.29, 0.717) is 23.7 Å². The maximum absolute atomic E-state index is 12.6. The average Bonchev–Trinajstić information content (AvgIpc) is 2.75. The lowest BCUT2D eigenvalue weighted by Crippen LogP contribution is -2.31. The molecule has 2 N–H and O–H groups in total. The van der Waals surface area contributed by atoms with E-state index in [-0.39, 0.29) is 23.3 Å². The van der Waals surface area contributed by atoms with Gasteiger partial charge in [0.2, 0.25) is 0 Å². The molecule has 164 valence electrons. The molecule has 1 aliphatic heterocycles. The van der Waals surface area contributed by atoms with Crippen LogP contribution in [-0.4, -0.2) is 16.7 Å². The van der Waals surface area contributed by atoms with E-state index in [4.69, 9.17) is 4.74 Å². The Morgan fingerprint density at radius 2 is 1.97 bits per heavy atom. The second-order valence-corrected chi connectivity index (χ2v) is 9.14. The quantitative estimate of drug-likeness (QED) is 0.466. The van der Waals surface area contributed by atoms with Crippen LogP contribution in [0.5, 0.6) is 5.75 Å². The number of rotatable bonds is 9. The molecule has 1 aromatic heterocycles. The molecule has 4 nitrogen and oxygen atoms in total. The first-order valence-corrected chi connectivity index (χ1v) is 11.6. The molecule has 1 aromatic carbocycles. The van der Waals surface area contributed by atoms with Crippen molar-refractivity contribution in [3.8, 4) is 16.9 Å². The van der Waals surface area contributed by atoms with Gasteiger partial charge >= 0.3 is 0 Å². The summed E-state index contributed by atoms with van der Waals surface area (Å²) in [6.45, 7) is 7.39. The fraction of sp³-hybridized carbons (Fsp3) is 0.577. The molecule has 0 spiro atoms. The minimum absolute atomic E-state index is 0.0466. The first kappa shape index (κ1) is 22.6. The van der Waals surface area contributed by atoms with E-state index in [0.717, 1.165) is 17.9 Å². The number of aromatic hydroxyl groups is 1. The van der Waals surface area contributed by atoms with Crippen molar-refractivity contribution >= 4 is 0 Å². The predicted molar refractivity (Wildman–Crippen MR) is 123 cm³/mol. The molecule has 0 bridgehead atoms. The molecule has 0 radical (unpaired) electrons. The molecule has 2 aromatic rings. The second kappa shape index (κ2) is 10.8. The van der Waals surface area contributed by atoms with Gasteiger partial charge in [-0.1, -0.05) is 83.2 Å². The van der Waals surface area contributed by atoms with E-state index >= 15 is 0 Å². The van der Waals surface area contributed by atoms with Gasteiger partial charge in [-0.3, -0.25) is 4.79 Å². The zero-order valence-electron chi connectivity index (χ0n) is 18.7. The minimum Gasteiger partial charge on any atom is -0.507 e. The number of hydrogen-bond donors (Lipinski definition) is 2. The van der Waals surface area contributed by atoms with E-state index < -0.39 is 0 Å². The number of benzene rings is 1. The topological polar surface area (TPSA) is 62.3 Å². The second-order valence-electron chi connectivity index (χ2n) is 9.14. The molecule has 1 saturated heterocycles. The zero-order chi connectivity index (χ0) is 21.5. The zero-order valence-corrected chi connectivity index (χ0v) is 18.7. The molecule has 3 rings (SSSR count). The summed E-state index contributed by atoms with van der Waals surface area (Å²) in [7, 11) is 0. The maximum atomic E-state index is 12.6. The Morgan fingerprint density at radius 1 is 1.20 bits per heavy atom. The Bertz CT molecular complexity index is 845. The highest BCUT2D eigenvalue weighted by atomic mass is 16.5. The first-order chi connectivity index (χ1) is 14.5. The molecule has 4 heteroatoms. The highest BCUT2D eigenvalue weighted by Crippen LogP contribution is 2.41. The van der Waals surface area contributed by atoms with Crippen molar-refractivity contribution in [3.63, 3.8) is 0 Å². The highest BCUT2D eigenvalue weighted by Gasteiger charge is 2.33. The third-order valence-electron chi connectivity index (χ3n) is 6.71. The Kier molecular flexibility index (Phi) is 8.15. The molecule has 0 saturated carbocycles. The summed E-state index contributed by atoms with van der Waals surface area (Å²) >= 11 is 0. The van der Waals surface area contributed by atoms with E-state index in [1.165, 1.54) is 38.5 Å². The van der Waals surface area contributed by atoms with Crippen LogP contribution in [0.1, 0.15) is 77.4 Å². The lowest BCUT2D eigenvalue weighted by atomic mass is 9.83. The Hall–Kier alpha value is -2.07. The third kappa shape index (κ3) is 5.54. The van der Waals surface area contributed by atoms with Crippen molar-refractivity contribution in [2.75, 3.05) is 6.61 Å². The molecule has 2 heterocycles. The average molecular weight is 412 g/mol. The number of hydrogen-bond acceptors (Lipinski definition) is 3. The Balaban J connectivity index is 1.61. The van der Waals surface area contributed by atoms with Gasteiger partial charge in [-0.15, -0.1) is 0 Å². The van der Waals surface area contributed by atoms with Gasteiger partial charge in [-0.05, 0) is 36.2 Å². The van der Waals surface area contributed by atoms with Crippen molar-refractivity contribution in [1.29, 1.82) is 0 Å². The summed E-state index contributed by atoms with van der Waals surface area (Å²) in [5.41, 5.74) is 1.64. The van der Waals surface area contributed by atoms with Gasteiger partial charge in [-0.2, -0.15) is 0 Å². The largest absolute Gasteiger partial charge is 0.507 e. The standard InChI is InChI=1S/C26H37NO3/c1-4-18(2)11-7-5-8-12-20-15-19(3)25(30-17-20)23-24(28)22(16-27-26(23)29)21-13-9-6-10-14-21/h6,9-10,13-14,16,18-20,25H,4-5,7-8,11-12,15,17H2,1-3H3,(H2,27,28,29)/t18?,19-,20-,25-/m1/s1. The molecule has 4 atom stereocenters. The van der Waals surface area contributed by atoms with Crippen LogP contribution < -0.4 is 5.56 Å². The summed E-state index contributed by atoms with van der Waals surface area (Å²) in [6.07, 6.45) is 9.90. The number of ether oxygens (including phenoxy) is 1. The van der Waals surface area contributed by atoms with Crippen LogP contribution in [0.25, 0.3) is 11.1 Å². The third-order valence-corrected chi connectivity index (χ3v) is 6.71. The molecular weight excluding hydrogens is 374 g/mol. The van der Waals surface area contributed by atoms with E-state index in [2.05, 4.69) is 25.8 Å². The van der Waals surface area contributed by atoms with Crippen LogP contribution in [-0.2, 0) is 4.74 Å². The molecule has 1 unspecified atom stereocenters. The molecule has 1 aliphatic rings. The van der Waals surface area contributed by atoms with Crippen molar-refractivity contribution in [2.45, 2.75) is 71.8 Å². The first-order valence-electron chi connectivity index (χ1n) is 11.6. The Labute approximate surface area is 180 Å². The monoisotopic (exact) mass is 411 g/mol. The molecule has 30 heavy (non-hydrogen) atoms. The fourth-order valence-corrected chi connectivity index (χ4v) is 4.64. The van der Waals surface area contributed by atoms with Crippen LogP contribution in [0, 0.1) is 17.8 Å². The molecule has 1 fully saturated rings. The summed E-state index contributed by atoms with van der Waals surface area (Å²) in [5.74, 6) is 1.62. The predicted octanol–water partition coefficient (Wildman–Crippen LogP) is 6.46. The van der Waals surface area contributed by atoms with Gasteiger partial charge in [0.1, 0.15) is 5.75 Å². The number of unbranched alkanes of at least 4 members (excludes halogenated alkanes) is 2. The maximum Gasteiger partial charge on any atom is 0.257 e. The number of H-pyrrole nitrogens is 1. The van der Waals surface area contributed by atoms with Crippen LogP contribution in [0.4, 0.5) is 0 Å². The summed E-state index contributed by atoms with van der Waals surface area (Å²) < 4.78 is 6.17. The van der Waals surface area contributed by atoms with Gasteiger partial charge in [0, 0.05) is 11.8 Å². The lowest BCUT2D eigenvalue weighted by molar-refractivity contribution is -0.0566. The number of aromatic amines is 1. The van der Waals surface area contributed by atoms with E-state index in [9.17, 15) is 9.90 Å². The molecule has 0 amide bonds. The van der Waals surface area contributed by atoms with E-state index in [1.54, 1.807) is 6.20 Å². The molecule has 0 aliphatic carbocycles. The minimum atomic E-state index is -0.362. The van der Waals surface area contributed by atoms with Gasteiger partial charge < -0.3 is 14.8 Å². The summed E-state index contributed by atoms with van der Waals surface area (Å²) in [5, 5.41) is 10.9.